The van der Waals surface area contributed by atoms with E-state index in [-0.39, 0.29) is 11.9 Å². The zero-order chi connectivity index (χ0) is 17.6. The van der Waals surface area contributed by atoms with E-state index in [1.54, 1.807) is 14.0 Å². The summed E-state index contributed by atoms with van der Waals surface area (Å²) in [6.07, 6.45) is 3.62. The first-order valence-corrected chi connectivity index (χ1v) is 8.50. The zero-order valence-corrected chi connectivity index (χ0v) is 14.6. The first-order valence-electron chi connectivity index (χ1n) is 8.50. The second kappa shape index (κ2) is 8.11. The summed E-state index contributed by atoms with van der Waals surface area (Å²) in [5.74, 6) is 1.29. The van der Waals surface area contributed by atoms with Gasteiger partial charge >= 0.3 is 0 Å². The molecule has 0 saturated carbocycles. The Labute approximate surface area is 146 Å². The lowest BCUT2D eigenvalue weighted by Crippen LogP contribution is -2.44. The number of carbonyl (C=O) groups is 1. The summed E-state index contributed by atoms with van der Waals surface area (Å²) >= 11 is 0. The minimum Gasteiger partial charge on any atom is -0.497 e. The van der Waals surface area contributed by atoms with Crippen molar-refractivity contribution in [3.63, 3.8) is 0 Å². The van der Waals surface area contributed by atoms with E-state index in [0.29, 0.717) is 19.0 Å². The van der Waals surface area contributed by atoms with Gasteiger partial charge in [0, 0.05) is 6.54 Å². The number of rotatable bonds is 6. The molecular weight excluding hydrogens is 322 g/mol. The molecule has 2 atom stereocenters. The van der Waals surface area contributed by atoms with Gasteiger partial charge in [-0.05, 0) is 43.9 Å². The number of hydrogen-bond donors (Lipinski definition) is 0. The third-order valence-electron chi connectivity index (χ3n) is 4.44. The van der Waals surface area contributed by atoms with E-state index >= 15 is 0 Å². The fourth-order valence-corrected chi connectivity index (χ4v) is 3.08. The van der Waals surface area contributed by atoms with Crippen LogP contribution in [-0.4, -0.2) is 40.7 Å². The Morgan fingerprint density at radius 3 is 3.08 bits per heavy atom. The number of benzene rings is 1. The number of methoxy groups -OCH3 is 1. The van der Waals surface area contributed by atoms with Crippen molar-refractivity contribution in [2.24, 2.45) is 0 Å². The third kappa shape index (κ3) is 4.17. The summed E-state index contributed by atoms with van der Waals surface area (Å²) in [5.41, 5.74) is 0.965. The average molecular weight is 345 g/mol. The number of carbonyl (C=O) groups excluding carboxylic acids is 1. The zero-order valence-electron chi connectivity index (χ0n) is 14.6. The molecule has 134 valence electrons. The van der Waals surface area contributed by atoms with Gasteiger partial charge in [-0.15, -0.1) is 0 Å². The molecule has 0 aliphatic carbocycles. The maximum atomic E-state index is 12.8. The SMILES string of the molecule is COc1cccc(CO[C@@H](C)C(=O)N2CCCC[C@@H]2c2ncon2)c1. The van der Waals surface area contributed by atoms with Gasteiger partial charge in [0.1, 0.15) is 11.9 Å². The number of nitrogens with zero attached hydrogens (tertiary/aromatic N) is 3. The van der Waals surface area contributed by atoms with Crippen LogP contribution in [-0.2, 0) is 16.1 Å². The molecule has 7 heteroatoms. The van der Waals surface area contributed by atoms with Gasteiger partial charge in [-0.2, -0.15) is 4.98 Å². The van der Waals surface area contributed by atoms with Crippen LogP contribution in [0.15, 0.2) is 35.2 Å². The third-order valence-corrected chi connectivity index (χ3v) is 4.44. The summed E-state index contributed by atoms with van der Waals surface area (Å²) in [6, 6.07) is 7.49. The van der Waals surface area contributed by atoms with Gasteiger partial charge in [0.2, 0.25) is 6.39 Å². The molecule has 1 aliphatic rings. The number of amides is 1. The van der Waals surface area contributed by atoms with Gasteiger partial charge in [0.25, 0.3) is 5.91 Å². The minimum atomic E-state index is -0.543. The van der Waals surface area contributed by atoms with Crippen LogP contribution >= 0.6 is 0 Å². The monoisotopic (exact) mass is 345 g/mol. The van der Waals surface area contributed by atoms with E-state index < -0.39 is 6.10 Å². The molecule has 1 saturated heterocycles. The van der Waals surface area contributed by atoms with Crippen LogP contribution in [0.1, 0.15) is 43.6 Å². The second-order valence-electron chi connectivity index (χ2n) is 6.14. The highest BCUT2D eigenvalue weighted by Gasteiger charge is 2.33. The van der Waals surface area contributed by atoms with Crippen molar-refractivity contribution in [2.75, 3.05) is 13.7 Å². The molecule has 2 heterocycles. The topological polar surface area (TPSA) is 77.7 Å². The number of hydrogen-bond acceptors (Lipinski definition) is 6. The molecule has 0 unspecified atom stereocenters. The van der Waals surface area contributed by atoms with Gasteiger partial charge in [0.15, 0.2) is 5.82 Å². The molecule has 2 aromatic rings. The van der Waals surface area contributed by atoms with Gasteiger partial charge in [-0.1, -0.05) is 17.3 Å². The molecule has 7 nitrogen and oxygen atoms in total. The molecular formula is C18H23N3O4. The highest BCUT2D eigenvalue weighted by atomic mass is 16.5. The summed E-state index contributed by atoms with van der Waals surface area (Å²) in [7, 11) is 1.63. The molecule has 1 fully saturated rings. The lowest BCUT2D eigenvalue weighted by Gasteiger charge is -2.35. The molecule has 0 N–H and O–H groups in total. The predicted molar refractivity (Wildman–Crippen MR) is 89.8 cm³/mol. The fourth-order valence-electron chi connectivity index (χ4n) is 3.08. The van der Waals surface area contributed by atoms with E-state index in [0.717, 1.165) is 30.6 Å². The lowest BCUT2D eigenvalue weighted by atomic mass is 10.0. The highest BCUT2D eigenvalue weighted by Crippen LogP contribution is 2.29. The van der Waals surface area contributed by atoms with Crippen molar-refractivity contribution < 1.29 is 18.8 Å². The second-order valence-corrected chi connectivity index (χ2v) is 6.14. The largest absolute Gasteiger partial charge is 0.497 e. The molecule has 1 aromatic heterocycles. The van der Waals surface area contributed by atoms with Crippen molar-refractivity contribution in [1.82, 2.24) is 15.0 Å². The van der Waals surface area contributed by atoms with E-state index in [4.69, 9.17) is 14.0 Å². The standard InChI is InChI=1S/C18H23N3O4/c1-13(24-11-14-6-5-7-15(10-14)23-2)18(22)21-9-4-3-8-16(21)17-19-12-25-20-17/h5-7,10,12-13,16H,3-4,8-9,11H2,1-2H3/t13-,16+/m0/s1. The predicted octanol–water partition coefficient (Wildman–Crippen LogP) is 2.74. The normalized spacial score (nSPS) is 18.8. The van der Waals surface area contributed by atoms with Crippen LogP contribution in [0.3, 0.4) is 0 Å². The van der Waals surface area contributed by atoms with Crippen LogP contribution in [0, 0.1) is 0 Å². The van der Waals surface area contributed by atoms with Crippen molar-refractivity contribution in [2.45, 2.75) is 44.9 Å². The number of piperidine rings is 1. The van der Waals surface area contributed by atoms with Crippen molar-refractivity contribution in [1.29, 1.82) is 0 Å². The number of ether oxygens (including phenoxy) is 2. The summed E-state index contributed by atoms with van der Waals surface area (Å²) in [5, 5.41) is 3.91. The molecule has 1 aliphatic heterocycles. The van der Waals surface area contributed by atoms with E-state index in [1.165, 1.54) is 6.39 Å². The van der Waals surface area contributed by atoms with E-state index in [1.807, 2.05) is 29.2 Å². The molecule has 3 rings (SSSR count). The molecule has 0 spiro atoms. The van der Waals surface area contributed by atoms with Crippen LogP contribution in [0.2, 0.25) is 0 Å². The van der Waals surface area contributed by atoms with Crippen LogP contribution in [0.4, 0.5) is 0 Å². The quantitative estimate of drug-likeness (QED) is 0.801. The Morgan fingerprint density at radius 1 is 1.44 bits per heavy atom. The number of likely N-dealkylation sites (tertiary alicyclic amines) is 1. The first-order chi connectivity index (χ1) is 12.2. The first kappa shape index (κ1) is 17.4. The molecule has 0 radical (unpaired) electrons. The van der Waals surface area contributed by atoms with E-state index in [9.17, 15) is 4.79 Å². The average Bonchev–Trinajstić information content (AvgIpc) is 3.20. The summed E-state index contributed by atoms with van der Waals surface area (Å²) < 4.78 is 15.8. The van der Waals surface area contributed by atoms with Crippen molar-refractivity contribution >= 4 is 5.91 Å². The van der Waals surface area contributed by atoms with Gasteiger partial charge in [0.05, 0.1) is 19.8 Å². The molecule has 1 amide bonds. The Balaban J connectivity index is 1.62. The maximum Gasteiger partial charge on any atom is 0.252 e. The van der Waals surface area contributed by atoms with E-state index in [2.05, 4.69) is 10.1 Å². The fraction of sp³-hybridized carbons (Fsp3) is 0.500. The van der Waals surface area contributed by atoms with Gasteiger partial charge in [-0.3, -0.25) is 4.79 Å². The smallest absolute Gasteiger partial charge is 0.252 e. The number of aromatic nitrogens is 2. The highest BCUT2D eigenvalue weighted by molar-refractivity contribution is 5.81. The Morgan fingerprint density at radius 2 is 2.32 bits per heavy atom. The summed E-state index contributed by atoms with van der Waals surface area (Å²) in [4.78, 5) is 18.8. The molecule has 1 aromatic carbocycles. The Bertz CT molecular complexity index is 689. The molecule has 0 bridgehead atoms. The van der Waals surface area contributed by atoms with Crippen LogP contribution in [0.5, 0.6) is 5.75 Å². The lowest BCUT2D eigenvalue weighted by molar-refractivity contribution is -0.147. The Hall–Kier alpha value is -2.41. The summed E-state index contributed by atoms with van der Waals surface area (Å²) in [6.45, 7) is 2.82. The maximum absolute atomic E-state index is 12.8. The van der Waals surface area contributed by atoms with Crippen molar-refractivity contribution in [3.8, 4) is 5.75 Å². The molecule has 25 heavy (non-hydrogen) atoms. The van der Waals surface area contributed by atoms with Crippen LogP contribution in [0.25, 0.3) is 0 Å². The minimum absolute atomic E-state index is 0.0441. The van der Waals surface area contributed by atoms with Crippen molar-refractivity contribution in [3.05, 3.63) is 42.0 Å². The van der Waals surface area contributed by atoms with Crippen LogP contribution < -0.4 is 4.74 Å². The van der Waals surface area contributed by atoms with Gasteiger partial charge in [-0.25, -0.2) is 0 Å². The Kier molecular flexibility index (Phi) is 5.65. The van der Waals surface area contributed by atoms with Gasteiger partial charge < -0.3 is 18.9 Å².